The number of hydrogen-bond acceptors (Lipinski definition) is 4. The number of ether oxygens (including phenoxy) is 2. The normalized spacial score (nSPS) is 11.6. The van der Waals surface area contributed by atoms with Gasteiger partial charge in [0.15, 0.2) is 6.10 Å². The fourth-order valence-corrected chi connectivity index (χ4v) is 1.34. The van der Waals surface area contributed by atoms with Crippen LogP contribution in [0.3, 0.4) is 0 Å². The smallest absolute Gasteiger partial charge is 0.181 e. The van der Waals surface area contributed by atoms with Gasteiger partial charge < -0.3 is 14.8 Å². The van der Waals surface area contributed by atoms with Crippen molar-refractivity contribution in [2.24, 2.45) is 0 Å². The molecule has 1 unspecified atom stereocenters. The van der Waals surface area contributed by atoms with Gasteiger partial charge in [-0.05, 0) is 32.2 Å². The molecule has 0 aliphatic rings. The van der Waals surface area contributed by atoms with E-state index < -0.39 is 6.10 Å². The molecule has 0 saturated carbocycles. The van der Waals surface area contributed by atoms with E-state index in [4.69, 9.17) is 14.7 Å². The van der Waals surface area contributed by atoms with Crippen molar-refractivity contribution in [3.05, 3.63) is 23.8 Å². The number of rotatable bonds is 5. The van der Waals surface area contributed by atoms with E-state index in [0.717, 1.165) is 11.3 Å². The summed E-state index contributed by atoms with van der Waals surface area (Å²) in [6.45, 7) is 2.39. The molecule has 1 rings (SSSR count). The lowest BCUT2D eigenvalue weighted by Crippen LogP contribution is -2.12. The molecule has 0 bridgehead atoms. The summed E-state index contributed by atoms with van der Waals surface area (Å²) in [5.41, 5.74) is 0.976. The summed E-state index contributed by atoms with van der Waals surface area (Å²) in [5.74, 6) is 1.49. The number of nitrogens with one attached hydrogen (secondary N) is 1. The standard InChI is InChI=1S/C12H16N2O2/c1-9(7-13)16-12-5-4-11(15-3)6-10(12)8-14-2/h4-6,9,14H,8H2,1-3H3. The maximum absolute atomic E-state index is 8.70. The zero-order valence-corrected chi connectivity index (χ0v) is 9.78. The maximum Gasteiger partial charge on any atom is 0.181 e. The fourth-order valence-electron chi connectivity index (χ4n) is 1.34. The predicted octanol–water partition coefficient (Wildman–Crippen LogP) is 1.71. The first-order valence-corrected chi connectivity index (χ1v) is 5.09. The topological polar surface area (TPSA) is 54.3 Å². The maximum atomic E-state index is 8.70. The zero-order chi connectivity index (χ0) is 12.0. The monoisotopic (exact) mass is 220 g/mol. The Kier molecular flexibility index (Phi) is 4.62. The molecule has 86 valence electrons. The predicted molar refractivity (Wildman–Crippen MR) is 61.5 cm³/mol. The molecule has 0 heterocycles. The van der Waals surface area contributed by atoms with E-state index in [0.29, 0.717) is 12.3 Å². The number of methoxy groups -OCH3 is 1. The van der Waals surface area contributed by atoms with Crippen LogP contribution in [0.15, 0.2) is 18.2 Å². The molecule has 0 spiro atoms. The number of hydrogen-bond donors (Lipinski definition) is 1. The van der Waals surface area contributed by atoms with Crippen molar-refractivity contribution in [1.82, 2.24) is 5.32 Å². The molecule has 1 atom stereocenters. The fraction of sp³-hybridized carbons (Fsp3) is 0.417. The lowest BCUT2D eigenvalue weighted by Gasteiger charge is -2.13. The average Bonchev–Trinajstić information content (AvgIpc) is 2.31. The van der Waals surface area contributed by atoms with Crippen molar-refractivity contribution in [3.8, 4) is 17.6 Å². The van der Waals surface area contributed by atoms with Gasteiger partial charge in [-0.25, -0.2) is 0 Å². The highest BCUT2D eigenvalue weighted by molar-refractivity contribution is 5.40. The summed E-state index contributed by atoms with van der Waals surface area (Å²) >= 11 is 0. The molecule has 1 N–H and O–H groups in total. The third-order valence-electron chi connectivity index (χ3n) is 2.12. The van der Waals surface area contributed by atoms with Crippen molar-refractivity contribution in [2.75, 3.05) is 14.2 Å². The molecular formula is C12H16N2O2. The van der Waals surface area contributed by atoms with Crippen LogP contribution in [0.25, 0.3) is 0 Å². The van der Waals surface area contributed by atoms with Gasteiger partial charge in [0, 0.05) is 12.1 Å². The van der Waals surface area contributed by atoms with Crippen LogP contribution < -0.4 is 14.8 Å². The molecular weight excluding hydrogens is 204 g/mol. The summed E-state index contributed by atoms with van der Waals surface area (Å²) in [5, 5.41) is 11.8. The second kappa shape index (κ2) is 5.99. The van der Waals surface area contributed by atoms with E-state index in [2.05, 4.69) is 5.32 Å². The third-order valence-corrected chi connectivity index (χ3v) is 2.12. The molecule has 0 aromatic heterocycles. The van der Waals surface area contributed by atoms with E-state index >= 15 is 0 Å². The quantitative estimate of drug-likeness (QED) is 0.820. The zero-order valence-electron chi connectivity index (χ0n) is 9.78. The molecule has 0 aliphatic carbocycles. The summed E-state index contributed by atoms with van der Waals surface area (Å²) in [7, 11) is 3.48. The van der Waals surface area contributed by atoms with E-state index in [1.54, 1.807) is 14.0 Å². The van der Waals surface area contributed by atoms with E-state index in [-0.39, 0.29) is 0 Å². The van der Waals surface area contributed by atoms with Crippen LogP contribution in [0.2, 0.25) is 0 Å². The Hall–Kier alpha value is -1.73. The van der Waals surface area contributed by atoms with Gasteiger partial charge >= 0.3 is 0 Å². The van der Waals surface area contributed by atoms with Crippen LogP contribution in [-0.4, -0.2) is 20.3 Å². The molecule has 1 aromatic carbocycles. The minimum Gasteiger partial charge on any atom is -0.497 e. The van der Waals surface area contributed by atoms with Gasteiger partial charge in [-0.15, -0.1) is 0 Å². The molecule has 1 aromatic rings. The molecule has 0 saturated heterocycles. The highest BCUT2D eigenvalue weighted by atomic mass is 16.5. The molecule has 4 heteroatoms. The average molecular weight is 220 g/mol. The number of nitrogens with zero attached hydrogens (tertiary/aromatic N) is 1. The van der Waals surface area contributed by atoms with Crippen LogP contribution in [-0.2, 0) is 6.54 Å². The molecule has 0 amide bonds. The van der Waals surface area contributed by atoms with Gasteiger partial charge in [-0.1, -0.05) is 0 Å². The first-order chi connectivity index (χ1) is 7.71. The van der Waals surface area contributed by atoms with Gasteiger partial charge in [0.05, 0.1) is 7.11 Å². The van der Waals surface area contributed by atoms with Crippen LogP contribution in [0.5, 0.6) is 11.5 Å². The second-order valence-electron chi connectivity index (χ2n) is 3.39. The molecule has 0 fully saturated rings. The molecule has 0 radical (unpaired) electrons. The van der Waals surface area contributed by atoms with Crippen LogP contribution in [0.1, 0.15) is 12.5 Å². The molecule has 16 heavy (non-hydrogen) atoms. The van der Waals surface area contributed by atoms with E-state index in [9.17, 15) is 0 Å². The van der Waals surface area contributed by atoms with Crippen molar-refractivity contribution in [2.45, 2.75) is 19.6 Å². The Bertz CT molecular complexity index is 385. The summed E-state index contributed by atoms with van der Waals surface area (Å²) in [4.78, 5) is 0. The van der Waals surface area contributed by atoms with Gasteiger partial charge in [-0.2, -0.15) is 5.26 Å². The molecule has 0 aliphatic heterocycles. The Morgan fingerprint density at radius 1 is 1.50 bits per heavy atom. The Balaban J connectivity index is 2.94. The highest BCUT2D eigenvalue weighted by Gasteiger charge is 2.08. The molecule has 4 nitrogen and oxygen atoms in total. The van der Waals surface area contributed by atoms with Crippen LogP contribution >= 0.6 is 0 Å². The summed E-state index contributed by atoms with van der Waals surface area (Å²) in [6.07, 6.45) is -0.455. The first-order valence-electron chi connectivity index (χ1n) is 5.09. The van der Waals surface area contributed by atoms with Crippen molar-refractivity contribution in [1.29, 1.82) is 5.26 Å². The minimum absolute atomic E-state index is 0.455. The summed E-state index contributed by atoms with van der Waals surface area (Å²) in [6, 6.07) is 7.57. The Labute approximate surface area is 95.8 Å². The van der Waals surface area contributed by atoms with Gasteiger partial charge in [0.1, 0.15) is 17.6 Å². The van der Waals surface area contributed by atoms with Gasteiger partial charge in [0.2, 0.25) is 0 Å². The third kappa shape index (κ3) is 3.14. The SMILES string of the molecule is CNCc1cc(OC)ccc1OC(C)C#N. The lowest BCUT2D eigenvalue weighted by molar-refractivity contribution is 0.272. The van der Waals surface area contributed by atoms with E-state index in [1.165, 1.54) is 0 Å². The highest BCUT2D eigenvalue weighted by Crippen LogP contribution is 2.24. The van der Waals surface area contributed by atoms with Gasteiger partial charge in [0.25, 0.3) is 0 Å². The van der Waals surface area contributed by atoms with Crippen molar-refractivity contribution < 1.29 is 9.47 Å². The number of benzene rings is 1. The Morgan fingerprint density at radius 2 is 2.25 bits per heavy atom. The lowest BCUT2D eigenvalue weighted by atomic mass is 10.2. The summed E-state index contributed by atoms with van der Waals surface area (Å²) < 4.78 is 10.6. The minimum atomic E-state index is -0.455. The number of nitriles is 1. The van der Waals surface area contributed by atoms with Crippen LogP contribution in [0, 0.1) is 11.3 Å². The first kappa shape index (κ1) is 12.3. The van der Waals surface area contributed by atoms with E-state index in [1.807, 2.05) is 31.3 Å². The van der Waals surface area contributed by atoms with Crippen molar-refractivity contribution in [3.63, 3.8) is 0 Å². The Morgan fingerprint density at radius 3 is 2.81 bits per heavy atom. The largest absolute Gasteiger partial charge is 0.497 e. The second-order valence-corrected chi connectivity index (χ2v) is 3.39. The van der Waals surface area contributed by atoms with Gasteiger partial charge in [-0.3, -0.25) is 0 Å². The van der Waals surface area contributed by atoms with Crippen LogP contribution in [0.4, 0.5) is 0 Å². The van der Waals surface area contributed by atoms with Crippen molar-refractivity contribution >= 4 is 0 Å².